The maximum absolute atomic E-state index is 6.28. The highest BCUT2D eigenvalue weighted by atomic mass is 79.9. The second-order valence-electron chi connectivity index (χ2n) is 6.82. The van der Waals surface area contributed by atoms with Crippen LogP contribution in [0.1, 0.15) is 43.5 Å². The lowest BCUT2D eigenvalue weighted by Gasteiger charge is -2.34. The van der Waals surface area contributed by atoms with Crippen molar-refractivity contribution in [1.82, 2.24) is 4.90 Å². The van der Waals surface area contributed by atoms with Gasteiger partial charge in [-0.3, -0.25) is 4.90 Å². The molecule has 2 N–H and O–H groups in total. The van der Waals surface area contributed by atoms with Crippen molar-refractivity contribution >= 4 is 27.3 Å². The van der Waals surface area contributed by atoms with Crippen LogP contribution in [-0.2, 0) is 0 Å². The summed E-state index contributed by atoms with van der Waals surface area (Å²) in [6.45, 7) is 3.35. The van der Waals surface area contributed by atoms with E-state index in [0.717, 1.165) is 17.8 Å². The van der Waals surface area contributed by atoms with Crippen molar-refractivity contribution in [3.8, 4) is 0 Å². The van der Waals surface area contributed by atoms with Gasteiger partial charge in [-0.2, -0.15) is 0 Å². The fraction of sp³-hybridized carbons (Fsp3) is 0.750. The average molecular weight is 357 g/mol. The third-order valence-electron chi connectivity index (χ3n) is 5.27. The van der Waals surface area contributed by atoms with Crippen molar-refractivity contribution in [2.75, 3.05) is 13.6 Å². The third kappa shape index (κ3) is 2.99. The van der Waals surface area contributed by atoms with Gasteiger partial charge in [0.2, 0.25) is 0 Å². The van der Waals surface area contributed by atoms with Gasteiger partial charge in [-0.1, -0.05) is 6.42 Å². The summed E-state index contributed by atoms with van der Waals surface area (Å²) in [7, 11) is 2.26. The Morgan fingerprint density at radius 3 is 2.70 bits per heavy atom. The molecule has 2 fully saturated rings. The molecule has 2 aliphatic rings. The van der Waals surface area contributed by atoms with Gasteiger partial charge in [0, 0.05) is 17.5 Å². The zero-order chi connectivity index (χ0) is 14.3. The molecule has 0 amide bonds. The largest absolute Gasteiger partial charge is 0.326 e. The lowest BCUT2D eigenvalue weighted by Crippen LogP contribution is -2.40. The Morgan fingerprint density at radius 1 is 1.40 bits per heavy atom. The van der Waals surface area contributed by atoms with E-state index in [9.17, 15) is 0 Å². The average Bonchev–Trinajstić information content (AvgIpc) is 3.06. The molecule has 5 atom stereocenters. The van der Waals surface area contributed by atoms with Gasteiger partial charge in [-0.25, -0.2) is 0 Å². The molecule has 0 saturated heterocycles. The number of hydrogen-bond donors (Lipinski definition) is 1. The quantitative estimate of drug-likeness (QED) is 0.853. The normalized spacial score (nSPS) is 31.9. The van der Waals surface area contributed by atoms with E-state index in [1.165, 1.54) is 40.9 Å². The second kappa shape index (κ2) is 6.07. The molecule has 1 heterocycles. The Bertz CT molecular complexity index is 459. The molecule has 1 aromatic heterocycles. The predicted molar refractivity (Wildman–Crippen MR) is 90.0 cm³/mol. The number of rotatable bonds is 5. The Kier molecular flexibility index (Phi) is 4.56. The van der Waals surface area contributed by atoms with E-state index < -0.39 is 0 Å². The Hall–Kier alpha value is 0.1000. The standard InChI is InChI=1S/C16H25BrN2S/c1-10(18)16(14-5-6-15(17)20-14)19(2)9-13-8-11-3-4-12(13)7-11/h5-6,10-13,16H,3-4,7-9,18H2,1-2H3. The summed E-state index contributed by atoms with van der Waals surface area (Å²) in [5.74, 6) is 2.93. The minimum Gasteiger partial charge on any atom is -0.326 e. The van der Waals surface area contributed by atoms with Gasteiger partial charge in [-0.15, -0.1) is 11.3 Å². The number of halogens is 1. The molecule has 112 valence electrons. The minimum atomic E-state index is 0.171. The van der Waals surface area contributed by atoms with Gasteiger partial charge in [-0.05, 0) is 79.1 Å². The first-order chi connectivity index (χ1) is 9.54. The fourth-order valence-corrected chi connectivity index (χ4v) is 6.15. The summed E-state index contributed by atoms with van der Waals surface area (Å²) in [5.41, 5.74) is 6.28. The van der Waals surface area contributed by atoms with Crippen LogP contribution in [0.5, 0.6) is 0 Å². The molecule has 0 radical (unpaired) electrons. The Morgan fingerprint density at radius 2 is 2.20 bits per heavy atom. The van der Waals surface area contributed by atoms with Crippen molar-refractivity contribution in [2.24, 2.45) is 23.5 Å². The molecule has 3 rings (SSSR count). The molecule has 2 nitrogen and oxygen atoms in total. The number of likely N-dealkylation sites (N-methyl/N-ethyl adjacent to an activating group) is 1. The molecule has 2 aliphatic carbocycles. The van der Waals surface area contributed by atoms with Crippen LogP contribution in [0.15, 0.2) is 15.9 Å². The maximum Gasteiger partial charge on any atom is 0.0702 e. The molecular formula is C16H25BrN2S. The molecular weight excluding hydrogens is 332 g/mol. The molecule has 1 aromatic rings. The number of hydrogen-bond acceptors (Lipinski definition) is 3. The lowest BCUT2D eigenvalue weighted by molar-refractivity contribution is 0.160. The number of thiophene rings is 1. The van der Waals surface area contributed by atoms with Crippen molar-refractivity contribution < 1.29 is 0 Å². The number of nitrogens with two attached hydrogens (primary N) is 1. The van der Waals surface area contributed by atoms with Crippen LogP contribution in [-0.4, -0.2) is 24.5 Å². The van der Waals surface area contributed by atoms with Crippen molar-refractivity contribution in [2.45, 2.75) is 44.7 Å². The zero-order valence-corrected chi connectivity index (χ0v) is 14.8. The lowest BCUT2D eigenvalue weighted by atomic mass is 9.88. The molecule has 2 bridgehead atoms. The van der Waals surface area contributed by atoms with Crippen LogP contribution >= 0.6 is 27.3 Å². The topological polar surface area (TPSA) is 29.3 Å². The van der Waals surface area contributed by atoms with Gasteiger partial charge in [0.1, 0.15) is 0 Å². The zero-order valence-electron chi connectivity index (χ0n) is 12.4. The summed E-state index contributed by atoms with van der Waals surface area (Å²) in [5, 5.41) is 0. The molecule has 0 aromatic carbocycles. The Balaban J connectivity index is 1.68. The second-order valence-corrected chi connectivity index (χ2v) is 9.31. The Labute approximate surface area is 134 Å². The summed E-state index contributed by atoms with van der Waals surface area (Å²) < 4.78 is 1.20. The number of fused-ring (bicyclic) bond motifs is 2. The van der Waals surface area contributed by atoms with E-state index >= 15 is 0 Å². The minimum absolute atomic E-state index is 0.171. The van der Waals surface area contributed by atoms with Gasteiger partial charge < -0.3 is 5.73 Å². The first kappa shape index (κ1) is 15.0. The SMILES string of the molecule is CC(N)C(c1ccc(Br)s1)N(C)CC1CC2CCC1C2. The van der Waals surface area contributed by atoms with Gasteiger partial charge in [0.15, 0.2) is 0 Å². The molecule has 20 heavy (non-hydrogen) atoms. The summed E-state index contributed by atoms with van der Waals surface area (Å²) in [6, 6.07) is 4.88. The fourth-order valence-electron chi connectivity index (χ4n) is 4.45. The van der Waals surface area contributed by atoms with Crippen LogP contribution in [0.2, 0.25) is 0 Å². The predicted octanol–water partition coefficient (Wildman–Crippen LogP) is 4.27. The molecule has 2 saturated carbocycles. The maximum atomic E-state index is 6.28. The smallest absolute Gasteiger partial charge is 0.0702 e. The van der Waals surface area contributed by atoms with Crippen molar-refractivity contribution in [1.29, 1.82) is 0 Å². The summed E-state index contributed by atoms with van der Waals surface area (Å²) in [4.78, 5) is 3.89. The molecule has 5 unspecified atom stereocenters. The van der Waals surface area contributed by atoms with Crippen LogP contribution in [0.4, 0.5) is 0 Å². The van der Waals surface area contributed by atoms with Crippen LogP contribution in [0.25, 0.3) is 0 Å². The van der Waals surface area contributed by atoms with Gasteiger partial charge in [0.25, 0.3) is 0 Å². The number of nitrogens with zero attached hydrogens (tertiary/aromatic N) is 1. The van der Waals surface area contributed by atoms with E-state index in [4.69, 9.17) is 5.73 Å². The van der Waals surface area contributed by atoms with Gasteiger partial charge in [0.05, 0.1) is 9.83 Å². The van der Waals surface area contributed by atoms with Crippen LogP contribution in [0, 0.1) is 17.8 Å². The van der Waals surface area contributed by atoms with Gasteiger partial charge >= 0.3 is 0 Å². The summed E-state index contributed by atoms with van der Waals surface area (Å²) in [6.07, 6.45) is 5.90. The van der Waals surface area contributed by atoms with Crippen LogP contribution in [0.3, 0.4) is 0 Å². The molecule has 0 spiro atoms. The van der Waals surface area contributed by atoms with Crippen molar-refractivity contribution in [3.05, 3.63) is 20.8 Å². The van der Waals surface area contributed by atoms with E-state index in [0.29, 0.717) is 6.04 Å². The van der Waals surface area contributed by atoms with Crippen molar-refractivity contribution in [3.63, 3.8) is 0 Å². The van der Waals surface area contributed by atoms with E-state index in [2.05, 4.69) is 46.9 Å². The van der Waals surface area contributed by atoms with E-state index in [1.54, 1.807) is 0 Å². The summed E-state index contributed by atoms with van der Waals surface area (Å²) >= 11 is 5.39. The molecule has 4 heteroatoms. The highest BCUT2D eigenvalue weighted by molar-refractivity contribution is 9.11. The van der Waals surface area contributed by atoms with Crippen LogP contribution < -0.4 is 5.73 Å². The monoisotopic (exact) mass is 356 g/mol. The molecule has 0 aliphatic heterocycles. The highest BCUT2D eigenvalue weighted by Gasteiger charge is 2.40. The first-order valence-corrected chi connectivity index (χ1v) is 9.36. The highest BCUT2D eigenvalue weighted by Crippen LogP contribution is 2.49. The first-order valence-electron chi connectivity index (χ1n) is 7.75. The third-order valence-corrected chi connectivity index (χ3v) is 6.96. The van der Waals surface area contributed by atoms with E-state index in [1.807, 2.05) is 11.3 Å². The van der Waals surface area contributed by atoms with E-state index in [-0.39, 0.29) is 6.04 Å².